The largest absolute Gasteiger partial charge is 0.492 e. The van der Waals surface area contributed by atoms with Crippen LogP contribution in [0.4, 0.5) is 10.2 Å². The molecule has 8 heteroatoms. The number of allylic oxidation sites excluding steroid dienone is 1. The van der Waals surface area contributed by atoms with Gasteiger partial charge in [0.2, 0.25) is 0 Å². The molecule has 0 unspecified atom stereocenters. The number of hydrogen-bond acceptors (Lipinski definition) is 6. The molecule has 24 heavy (non-hydrogen) atoms. The van der Waals surface area contributed by atoms with E-state index in [-0.39, 0.29) is 33.7 Å². The van der Waals surface area contributed by atoms with Gasteiger partial charge in [-0.1, -0.05) is 23.8 Å². The maximum atomic E-state index is 14.6. The molecule has 6 nitrogen and oxygen atoms in total. The summed E-state index contributed by atoms with van der Waals surface area (Å²) in [5.41, 5.74) is 6.14. The number of nitrogens with two attached hydrogens (primary N) is 1. The second kappa shape index (κ2) is 7.27. The fourth-order valence-corrected chi connectivity index (χ4v) is 2.31. The van der Waals surface area contributed by atoms with Crippen molar-refractivity contribution in [2.45, 2.75) is 6.92 Å². The molecule has 0 atom stereocenters. The van der Waals surface area contributed by atoms with Crippen molar-refractivity contribution in [2.24, 2.45) is 0 Å². The molecule has 1 heterocycles. The van der Waals surface area contributed by atoms with Crippen molar-refractivity contribution < 1.29 is 18.7 Å². The first-order valence-corrected chi connectivity index (χ1v) is 7.23. The second-order valence-corrected chi connectivity index (χ2v) is 5.04. The SMILES string of the molecule is CC=Cc1c(N)nc(-c2ccc(Cl)c(OC)c2F)nc1C(=O)OC. The van der Waals surface area contributed by atoms with E-state index in [1.807, 2.05) is 0 Å². The lowest BCUT2D eigenvalue weighted by Gasteiger charge is -2.11. The summed E-state index contributed by atoms with van der Waals surface area (Å²) in [5.74, 6) is -1.66. The van der Waals surface area contributed by atoms with Crippen LogP contribution in [0.5, 0.6) is 5.75 Å². The van der Waals surface area contributed by atoms with Gasteiger partial charge in [0.25, 0.3) is 0 Å². The quantitative estimate of drug-likeness (QED) is 0.850. The van der Waals surface area contributed by atoms with Crippen molar-refractivity contribution in [3.05, 3.63) is 40.3 Å². The number of methoxy groups -OCH3 is 2. The van der Waals surface area contributed by atoms with Crippen molar-refractivity contribution in [2.75, 3.05) is 20.0 Å². The van der Waals surface area contributed by atoms with Crippen LogP contribution < -0.4 is 10.5 Å². The Morgan fingerprint density at radius 3 is 2.62 bits per heavy atom. The molecule has 0 saturated carbocycles. The van der Waals surface area contributed by atoms with Crippen molar-refractivity contribution >= 4 is 29.5 Å². The van der Waals surface area contributed by atoms with Gasteiger partial charge in [-0.3, -0.25) is 0 Å². The summed E-state index contributed by atoms with van der Waals surface area (Å²) in [6, 6.07) is 2.82. The van der Waals surface area contributed by atoms with E-state index < -0.39 is 11.8 Å². The number of carbonyl (C=O) groups excluding carboxylic acids is 1. The molecule has 0 bridgehead atoms. The van der Waals surface area contributed by atoms with E-state index in [1.54, 1.807) is 19.1 Å². The lowest BCUT2D eigenvalue weighted by Crippen LogP contribution is -2.12. The molecule has 0 aliphatic heterocycles. The third-order valence-electron chi connectivity index (χ3n) is 3.18. The van der Waals surface area contributed by atoms with Crippen molar-refractivity contribution in [3.8, 4) is 17.1 Å². The fraction of sp³-hybridized carbons (Fsp3) is 0.188. The van der Waals surface area contributed by atoms with Gasteiger partial charge in [-0.25, -0.2) is 19.2 Å². The van der Waals surface area contributed by atoms with Crippen LogP contribution in [-0.2, 0) is 4.74 Å². The Morgan fingerprint density at radius 2 is 2.04 bits per heavy atom. The third kappa shape index (κ3) is 3.16. The Balaban J connectivity index is 2.73. The van der Waals surface area contributed by atoms with Crippen molar-refractivity contribution in [1.82, 2.24) is 9.97 Å². The molecule has 0 aliphatic rings. The maximum absolute atomic E-state index is 14.6. The minimum atomic E-state index is -0.751. The predicted molar refractivity (Wildman–Crippen MR) is 89.4 cm³/mol. The molecule has 0 radical (unpaired) electrons. The molecule has 2 rings (SSSR count). The van der Waals surface area contributed by atoms with Gasteiger partial charge in [0.05, 0.1) is 24.8 Å². The Hall–Kier alpha value is -2.67. The minimum Gasteiger partial charge on any atom is -0.492 e. The monoisotopic (exact) mass is 351 g/mol. The van der Waals surface area contributed by atoms with Crippen LogP contribution in [0.2, 0.25) is 5.02 Å². The number of benzene rings is 1. The van der Waals surface area contributed by atoms with E-state index in [0.717, 1.165) is 0 Å². The zero-order valence-corrected chi connectivity index (χ0v) is 14.0. The average Bonchev–Trinajstić information content (AvgIpc) is 2.56. The van der Waals surface area contributed by atoms with Gasteiger partial charge in [0.15, 0.2) is 23.1 Å². The first-order valence-electron chi connectivity index (χ1n) is 6.85. The summed E-state index contributed by atoms with van der Waals surface area (Å²) in [4.78, 5) is 20.1. The number of nitrogens with zero attached hydrogens (tertiary/aromatic N) is 2. The average molecular weight is 352 g/mol. The van der Waals surface area contributed by atoms with Crippen LogP contribution in [-0.4, -0.2) is 30.2 Å². The molecule has 126 valence electrons. The van der Waals surface area contributed by atoms with Crippen LogP contribution in [0, 0.1) is 5.82 Å². The topological polar surface area (TPSA) is 87.3 Å². The number of rotatable bonds is 4. The highest BCUT2D eigenvalue weighted by Crippen LogP contribution is 2.34. The molecular formula is C16H15ClFN3O3. The molecular weight excluding hydrogens is 337 g/mol. The van der Waals surface area contributed by atoms with E-state index in [0.29, 0.717) is 5.56 Å². The standard InChI is InChI=1S/C16H15ClFN3O3/c1-4-5-9-12(16(22)24-3)20-15(21-14(9)19)8-6-7-10(17)13(23-2)11(8)18/h4-7H,1-3H3,(H2,19,20,21). The van der Waals surface area contributed by atoms with Crippen LogP contribution in [0.1, 0.15) is 23.0 Å². The normalized spacial score (nSPS) is 10.9. The number of nitrogen functional groups attached to an aromatic ring is 1. The maximum Gasteiger partial charge on any atom is 0.357 e. The summed E-state index contributed by atoms with van der Waals surface area (Å²) >= 11 is 5.88. The number of anilines is 1. The predicted octanol–water partition coefficient (Wildman–Crippen LogP) is 3.35. The van der Waals surface area contributed by atoms with Crippen LogP contribution in [0.25, 0.3) is 17.5 Å². The van der Waals surface area contributed by atoms with E-state index in [2.05, 4.69) is 9.97 Å². The lowest BCUT2D eigenvalue weighted by atomic mass is 10.1. The van der Waals surface area contributed by atoms with E-state index in [4.69, 9.17) is 26.8 Å². The summed E-state index contributed by atoms with van der Waals surface area (Å²) in [5, 5.41) is 0.102. The highest BCUT2D eigenvalue weighted by molar-refractivity contribution is 6.32. The highest BCUT2D eigenvalue weighted by Gasteiger charge is 2.22. The fourth-order valence-electron chi connectivity index (χ4n) is 2.08. The minimum absolute atomic E-state index is 0.000121. The zero-order valence-electron chi connectivity index (χ0n) is 13.3. The molecule has 2 N–H and O–H groups in total. The molecule has 0 amide bonds. The first-order chi connectivity index (χ1) is 11.4. The Kier molecular flexibility index (Phi) is 5.35. The van der Waals surface area contributed by atoms with Gasteiger partial charge >= 0.3 is 5.97 Å². The van der Waals surface area contributed by atoms with Crippen molar-refractivity contribution in [3.63, 3.8) is 0 Å². The van der Waals surface area contributed by atoms with E-state index in [9.17, 15) is 9.18 Å². The molecule has 1 aromatic heterocycles. The van der Waals surface area contributed by atoms with Crippen LogP contribution in [0.15, 0.2) is 18.2 Å². The van der Waals surface area contributed by atoms with Gasteiger partial charge < -0.3 is 15.2 Å². The summed E-state index contributed by atoms with van der Waals surface area (Å²) in [6.07, 6.45) is 3.25. The number of aromatic nitrogens is 2. The smallest absolute Gasteiger partial charge is 0.357 e. The second-order valence-electron chi connectivity index (χ2n) is 4.63. The number of hydrogen-bond donors (Lipinski definition) is 1. The summed E-state index contributed by atoms with van der Waals surface area (Å²) in [7, 11) is 2.50. The van der Waals surface area contributed by atoms with Crippen LogP contribution in [0.3, 0.4) is 0 Å². The molecule has 2 aromatic rings. The van der Waals surface area contributed by atoms with E-state index >= 15 is 0 Å². The Morgan fingerprint density at radius 1 is 1.33 bits per heavy atom. The third-order valence-corrected chi connectivity index (χ3v) is 3.48. The highest BCUT2D eigenvalue weighted by atomic mass is 35.5. The summed E-state index contributed by atoms with van der Waals surface area (Å²) in [6.45, 7) is 1.75. The van der Waals surface area contributed by atoms with Gasteiger partial charge in [-0.15, -0.1) is 0 Å². The van der Waals surface area contributed by atoms with Gasteiger partial charge in [0.1, 0.15) is 5.82 Å². The first kappa shape index (κ1) is 17.7. The Labute approximate surface area is 143 Å². The molecule has 0 fully saturated rings. The number of ether oxygens (including phenoxy) is 2. The Bertz CT molecular complexity index is 825. The van der Waals surface area contributed by atoms with Gasteiger partial charge in [0, 0.05) is 5.56 Å². The number of esters is 1. The number of carbonyl (C=O) groups is 1. The van der Waals surface area contributed by atoms with Gasteiger partial charge in [-0.05, 0) is 19.1 Å². The van der Waals surface area contributed by atoms with Crippen LogP contribution >= 0.6 is 11.6 Å². The number of halogens is 2. The molecule has 1 aromatic carbocycles. The molecule has 0 spiro atoms. The van der Waals surface area contributed by atoms with Crippen molar-refractivity contribution in [1.29, 1.82) is 0 Å². The molecule has 0 aliphatic carbocycles. The van der Waals surface area contributed by atoms with E-state index in [1.165, 1.54) is 26.4 Å². The molecule has 0 saturated heterocycles. The zero-order chi connectivity index (χ0) is 17.9. The van der Waals surface area contributed by atoms with Gasteiger partial charge in [-0.2, -0.15) is 0 Å². The lowest BCUT2D eigenvalue weighted by molar-refractivity contribution is 0.0593. The summed E-state index contributed by atoms with van der Waals surface area (Å²) < 4.78 is 24.2.